The van der Waals surface area contributed by atoms with Crippen LogP contribution in [0, 0.1) is 0 Å². The number of allylic oxidation sites excluding steroid dienone is 1. The molecule has 1 aromatic carbocycles. The number of benzene rings is 1. The van der Waals surface area contributed by atoms with Crippen LogP contribution in [0.1, 0.15) is 68.4 Å². The van der Waals surface area contributed by atoms with Gasteiger partial charge in [0.05, 0.1) is 18.4 Å². The molecule has 0 radical (unpaired) electrons. The van der Waals surface area contributed by atoms with Gasteiger partial charge in [-0.05, 0) is 43.5 Å². The summed E-state index contributed by atoms with van der Waals surface area (Å²) >= 11 is 0. The van der Waals surface area contributed by atoms with E-state index < -0.39 is 0 Å². The molecule has 0 bridgehead atoms. The summed E-state index contributed by atoms with van der Waals surface area (Å²) in [6.45, 7) is 16.2. The molecule has 0 aliphatic carbocycles. The van der Waals surface area contributed by atoms with E-state index in [1.807, 2.05) is 6.07 Å². The highest BCUT2D eigenvalue weighted by atomic mass is 16.5. The Hall–Kier alpha value is -2.60. The summed E-state index contributed by atoms with van der Waals surface area (Å²) in [6, 6.07) is 6.63. The number of nitrogens with two attached hydrogens (primary N) is 1. The lowest BCUT2D eigenvalue weighted by Crippen LogP contribution is -2.51. The van der Waals surface area contributed by atoms with Gasteiger partial charge in [0.25, 0.3) is 0 Å². The van der Waals surface area contributed by atoms with Crippen molar-refractivity contribution in [1.29, 1.82) is 0 Å². The monoisotopic (exact) mass is 435 g/mol. The Morgan fingerprint density at radius 1 is 1.25 bits per heavy atom. The van der Waals surface area contributed by atoms with Gasteiger partial charge in [0.1, 0.15) is 11.6 Å². The van der Waals surface area contributed by atoms with Crippen LogP contribution < -0.4 is 10.6 Å². The summed E-state index contributed by atoms with van der Waals surface area (Å²) in [7, 11) is 0. The topological polar surface area (TPSA) is 67.5 Å². The van der Waals surface area contributed by atoms with Crippen molar-refractivity contribution in [3.8, 4) is 0 Å². The van der Waals surface area contributed by atoms with Crippen LogP contribution in [0.25, 0.3) is 0 Å². The molecule has 3 heterocycles. The van der Waals surface area contributed by atoms with Crippen LogP contribution in [-0.4, -0.2) is 40.5 Å². The zero-order valence-corrected chi connectivity index (χ0v) is 20.0. The Morgan fingerprint density at radius 2 is 2.06 bits per heavy atom. The molecular weight excluding hydrogens is 398 g/mol. The normalized spacial score (nSPS) is 20.9. The maximum absolute atomic E-state index is 6.44. The molecule has 172 valence electrons. The van der Waals surface area contributed by atoms with Crippen molar-refractivity contribution in [3.63, 3.8) is 0 Å². The smallest absolute Gasteiger partial charge is 0.138 e. The number of ether oxygens (including phenoxy) is 1. The second kappa shape index (κ2) is 9.49. The van der Waals surface area contributed by atoms with Gasteiger partial charge in [-0.1, -0.05) is 32.9 Å². The van der Waals surface area contributed by atoms with Gasteiger partial charge in [0.2, 0.25) is 0 Å². The maximum Gasteiger partial charge on any atom is 0.138 e. The van der Waals surface area contributed by atoms with E-state index in [1.165, 1.54) is 11.1 Å². The number of nitrogens with zero attached hydrogens (tertiary/aromatic N) is 4. The Kier molecular flexibility index (Phi) is 6.70. The van der Waals surface area contributed by atoms with Crippen LogP contribution in [0.3, 0.4) is 0 Å². The lowest BCUT2D eigenvalue weighted by Gasteiger charge is -2.43. The second-order valence-electron chi connectivity index (χ2n) is 9.18. The fourth-order valence-electron chi connectivity index (χ4n) is 5.05. The Bertz CT molecular complexity index is 988. The molecule has 4 rings (SSSR count). The van der Waals surface area contributed by atoms with Gasteiger partial charge in [-0.2, -0.15) is 0 Å². The molecule has 32 heavy (non-hydrogen) atoms. The molecule has 0 spiro atoms. The van der Waals surface area contributed by atoms with Crippen molar-refractivity contribution in [1.82, 2.24) is 14.9 Å². The molecular formula is C26H37N5O. The van der Waals surface area contributed by atoms with Gasteiger partial charge < -0.3 is 20.3 Å². The van der Waals surface area contributed by atoms with Crippen LogP contribution in [0.15, 0.2) is 30.5 Å². The molecule has 1 saturated heterocycles. The number of aryl methyl sites for hydroxylation is 2. The summed E-state index contributed by atoms with van der Waals surface area (Å²) in [4.78, 5) is 14.7. The fourth-order valence-corrected chi connectivity index (χ4v) is 5.05. The third-order valence-corrected chi connectivity index (χ3v) is 6.69. The number of rotatable bonds is 6. The molecule has 1 aromatic heterocycles. The van der Waals surface area contributed by atoms with Crippen molar-refractivity contribution in [2.45, 2.75) is 72.1 Å². The molecule has 0 saturated carbocycles. The third kappa shape index (κ3) is 4.46. The molecule has 0 amide bonds. The molecule has 1 fully saturated rings. The van der Waals surface area contributed by atoms with Gasteiger partial charge >= 0.3 is 0 Å². The van der Waals surface area contributed by atoms with Crippen LogP contribution in [-0.2, 0) is 30.6 Å². The van der Waals surface area contributed by atoms with E-state index in [0.29, 0.717) is 12.6 Å². The van der Waals surface area contributed by atoms with E-state index in [0.717, 1.165) is 79.6 Å². The molecule has 2 unspecified atom stereocenters. The maximum atomic E-state index is 6.44. The minimum absolute atomic E-state index is 0.0146. The van der Waals surface area contributed by atoms with E-state index >= 15 is 0 Å². The van der Waals surface area contributed by atoms with Gasteiger partial charge in [-0.15, -0.1) is 0 Å². The summed E-state index contributed by atoms with van der Waals surface area (Å²) in [5, 5.41) is 0. The van der Waals surface area contributed by atoms with Crippen LogP contribution >= 0.6 is 0 Å². The second-order valence-corrected chi connectivity index (χ2v) is 9.18. The highest BCUT2D eigenvalue weighted by molar-refractivity contribution is 5.52. The number of anilines is 2. The minimum Gasteiger partial charge on any atom is -0.399 e. The van der Waals surface area contributed by atoms with E-state index in [2.05, 4.69) is 56.2 Å². The largest absolute Gasteiger partial charge is 0.399 e. The number of hydrogen-bond donors (Lipinski definition) is 1. The van der Waals surface area contributed by atoms with Crippen molar-refractivity contribution >= 4 is 11.5 Å². The van der Waals surface area contributed by atoms with Crippen LogP contribution in [0.5, 0.6) is 0 Å². The lowest BCUT2D eigenvalue weighted by atomic mass is 9.93. The summed E-state index contributed by atoms with van der Waals surface area (Å²) in [5.41, 5.74) is 12.9. The quantitative estimate of drug-likeness (QED) is 0.677. The van der Waals surface area contributed by atoms with Gasteiger partial charge in [-0.3, -0.25) is 0 Å². The molecule has 6 nitrogen and oxygen atoms in total. The zero-order valence-electron chi connectivity index (χ0n) is 20.0. The Morgan fingerprint density at radius 3 is 2.75 bits per heavy atom. The lowest BCUT2D eigenvalue weighted by molar-refractivity contribution is 0.0253. The first-order valence-corrected chi connectivity index (χ1v) is 12.0. The van der Waals surface area contributed by atoms with E-state index in [1.54, 1.807) is 0 Å². The van der Waals surface area contributed by atoms with Gasteiger partial charge in [0, 0.05) is 55.5 Å². The highest BCUT2D eigenvalue weighted by Gasteiger charge is 2.31. The first kappa shape index (κ1) is 22.6. The van der Waals surface area contributed by atoms with Crippen molar-refractivity contribution in [2.24, 2.45) is 0 Å². The minimum atomic E-state index is -0.0146. The van der Waals surface area contributed by atoms with E-state index in [4.69, 9.17) is 20.4 Å². The molecule has 2 aromatic rings. The number of hydrogen-bond acceptors (Lipinski definition) is 6. The Labute approximate surface area is 192 Å². The molecule has 6 heteroatoms. The standard InChI is InChI=1S/C26H37N5O/c1-6-8-19-9-10-20(27)13-21(19)24-14-23-22(16-32-24)26(29-25(7-2)28-23)30-11-12-31(17(3)4)18(5)15-30/h9-10,13,18,24H,3,6-8,11-12,14-16,27H2,1-2,4-5H3. The average molecular weight is 436 g/mol. The van der Waals surface area contributed by atoms with Crippen LogP contribution in [0.2, 0.25) is 0 Å². The Balaban J connectivity index is 1.64. The first-order valence-electron chi connectivity index (χ1n) is 12.0. The summed E-state index contributed by atoms with van der Waals surface area (Å²) < 4.78 is 6.44. The SMILES string of the molecule is C=C(C)N1CCN(c2nc(CC)nc3c2COC(c2cc(N)ccc2CCC)C3)CC1C. The highest BCUT2D eigenvalue weighted by Crippen LogP contribution is 2.36. The number of aromatic nitrogens is 2. The van der Waals surface area contributed by atoms with Crippen molar-refractivity contribution < 1.29 is 4.74 Å². The third-order valence-electron chi connectivity index (χ3n) is 6.69. The fraction of sp³-hybridized carbons (Fsp3) is 0.538. The molecule has 2 atom stereocenters. The van der Waals surface area contributed by atoms with Crippen LogP contribution in [0.4, 0.5) is 11.5 Å². The number of nitrogen functional groups attached to an aromatic ring is 1. The predicted octanol–water partition coefficient (Wildman–Crippen LogP) is 4.43. The molecule has 2 aliphatic heterocycles. The number of piperazine rings is 1. The summed E-state index contributed by atoms with van der Waals surface area (Å²) in [5.74, 6) is 1.97. The zero-order chi connectivity index (χ0) is 22.8. The number of fused-ring (bicyclic) bond motifs is 1. The molecule has 2 N–H and O–H groups in total. The van der Waals surface area contributed by atoms with Gasteiger partial charge in [0.15, 0.2) is 0 Å². The first-order chi connectivity index (χ1) is 15.4. The van der Waals surface area contributed by atoms with E-state index in [-0.39, 0.29) is 6.10 Å². The van der Waals surface area contributed by atoms with Gasteiger partial charge in [-0.25, -0.2) is 9.97 Å². The van der Waals surface area contributed by atoms with E-state index in [9.17, 15) is 0 Å². The predicted molar refractivity (Wildman–Crippen MR) is 131 cm³/mol. The average Bonchev–Trinajstić information content (AvgIpc) is 2.78. The summed E-state index contributed by atoms with van der Waals surface area (Å²) in [6.07, 6.45) is 3.70. The van der Waals surface area contributed by atoms with Crippen molar-refractivity contribution in [2.75, 3.05) is 30.3 Å². The van der Waals surface area contributed by atoms with Crippen molar-refractivity contribution in [3.05, 3.63) is 58.7 Å². The molecule has 2 aliphatic rings.